The molecule has 0 bridgehead atoms. The van der Waals surface area contributed by atoms with Gasteiger partial charge in [-0.2, -0.15) is 0 Å². The van der Waals surface area contributed by atoms with E-state index in [2.05, 4.69) is 27.2 Å². The van der Waals surface area contributed by atoms with Crippen molar-refractivity contribution in [1.82, 2.24) is 10.2 Å². The Labute approximate surface area is 141 Å². The Morgan fingerprint density at radius 3 is 2.26 bits per heavy atom. The molecule has 1 aromatic carbocycles. The predicted molar refractivity (Wildman–Crippen MR) is 92.3 cm³/mol. The predicted octanol–water partition coefficient (Wildman–Crippen LogP) is 3.53. The number of halogens is 1. The minimum Gasteiger partial charge on any atom is -0.369 e. The molecule has 0 unspecified atom stereocenters. The molecular weight excluding hydrogens is 336 g/mol. The first kappa shape index (κ1) is 17.5. The monoisotopic (exact) mass is 354 g/mol. The standard InChI is InChI=1S/C15H19ClN4O2S/c1-2-3-4-11-17-14-9-10-15(19-18-14)20-23(21,22)13-7-5-12(16)6-8-13/h5-10H,2-4,11H2,1H3,(H,17,18)(H,19,20). The molecule has 2 rings (SSSR count). The van der Waals surface area contributed by atoms with Crippen molar-refractivity contribution in [2.24, 2.45) is 0 Å². The Morgan fingerprint density at radius 1 is 1.00 bits per heavy atom. The maximum atomic E-state index is 12.2. The second-order valence-corrected chi connectivity index (χ2v) is 7.12. The number of benzene rings is 1. The molecule has 0 aliphatic rings. The molecule has 1 heterocycles. The van der Waals surface area contributed by atoms with Gasteiger partial charge in [-0.1, -0.05) is 31.4 Å². The lowest BCUT2D eigenvalue weighted by Gasteiger charge is -2.08. The first-order valence-electron chi connectivity index (χ1n) is 7.37. The number of rotatable bonds is 8. The van der Waals surface area contributed by atoms with Gasteiger partial charge in [-0.25, -0.2) is 8.42 Å². The normalized spacial score (nSPS) is 11.2. The molecule has 8 heteroatoms. The van der Waals surface area contributed by atoms with Crippen LogP contribution < -0.4 is 10.0 Å². The van der Waals surface area contributed by atoms with Crippen LogP contribution in [0.4, 0.5) is 11.6 Å². The largest absolute Gasteiger partial charge is 0.369 e. The highest BCUT2D eigenvalue weighted by Gasteiger charge is 2.14. The Balaban J connectivity index is 1.98. The van der Waals surface area contributed by atoms with Crippen molar-refractivity contribution >= 4 is 33.3 Å². The van der Waals surface area contributed by atoms with E-state index in [9.17, 15) is 8.42 Å². The number of hydrogen-bond donors (Lipinski definition) is 2. The molecule has 0 spiro atoms. The summed E-state index contributed by atoms with van der Waals surface area (Å²) in [4.78, 5) is 0.116. The fourth-order valence-electron chi connectivity index (χ4n) is 1.88. The van der Waals surface area contributed by atoms with Crippen LogP contribution in [0.2, 0.25) is 5.02 Å². The SMILES string of the molecule is CCCCCNc1ccc(NS(=O)(=O)c2ccc(Cl)cc2)nn1. The van der Waals surface area contributed by atoms with E-state index in [1.807, 2.05) is 0 Å². The highest BCUT2D eigenvalue weighted by molar-refractivity contribution is 7.92. The van der Waals surface area contributed by atoms with Gasteiger partial charge >= 0.3 is 0 Å². The summed E-state index contributed by atoms with van der Waals surface area (Å²) in [5.41, 5.74) is 0. The van der Waals surface area contributed by atoms with Crippen LogP contribution in [0.25, 0.3) is 0 Å². The third-order valence-electron chi connectivity index (χ3n) is 3.11. The number of unbranched alkanes of at least 4 members (excludes halogenated alkanes) is 2. The van der Waals surface area contributed by atoms with E-state index in [0.29, 0.717) is 10.8 Å². The minimum atomic E-state index is -3.70. The summed E-state index contributed by atoms with van der Waals surface area (Å²) in [5.74, 6) is 0.787. The number of nitrogens with zero attached hydrogens (tertiary/aromatic N) is 2. The van der Waals surface area contributed by atoms with Crippen LogP contribution in [-0.4, -0.2) is 25.2 Å². The van der Waals surface area contributed by atoms with Crippen LogP contribution >= 0.6 is 11.6 Å². The third-order valence-corrected chi connectivity index (χ3v) is 4.74. The number of nitrogens with one attached hydrogen (secondary N) is 2. The van der Waals surface area contributed by atoms with E-state index in [1.165, 1.54) is 24.3 Å². The molecule has 124 valence electrons. The number of hydrogen-bond acceptors (Lipinski definition) is 5. The van der Waals surface area contributed by atoms with Crippen LogP contribution in [0.15, 0.2) is 41.3 Å². The fourth-order valence-corrected chi connectivity index (χ4v) is 3.01. The molecule has 0 aliphatic carbocycles. The molecule has 1 aromatic heterocycles. The summed E-state index contributed by atoms with van der Waals surface area (Å²) in [6.45, 7) is 2.96. The second kappa shape index (κ2) is 8.12. The molecule has 2 N–H and O–H groups in total. The van der Waals surface area contributed by atoms with Crippen LogP contribution in [0, 0.1) is 0 Å². The van der Waals surface area contributed by atoms with Gasteiger partial charge in [0.15, 0.2) is 5.82 Å². The maximum Gasteiger partial charge on any atom is 0.263 e. The molecule has 0 amide bonds. The van der Waals surface area contributed by atoms with Crippen molar-refractivity contribution in [3.8, 4) is 0 Å². The van der Waals surface area contributed by atoms with Gasteiger partial charge in [0.25, 0.3) is 10.0 Å². The first-order valence-corrected chi connectivity index (χ1v) is 9.23. The molecule has 2 aromatic rings. The number of aromatic nitrogens is 2. The van der Waals surface area contributed by atoms with Gasteiger partial charge in [-0.15, -0.1) is 10.2 Å². The summed E-state index contributed by atoms with van der Waals surface area (Å²) in [6, 6.07) is 9.17. The Kier molecular flexibility index (Phi) is 6.18. The summed E-state index contributed by atoms with van der Waals surface area (Å²) in [5, 5.41) is 11.5. The smallest absolute Gasteiger partial charge is 0.263 e. The lowest BCUT2D eigenvalue weighted by molar-refractivity contribution is 0.601. The minimum absolute atomic E-state index is 0.116. The lowest BCUT2D eigenvalue weighted by atomic mass is 10.2. The average molecular weight is 355 g/mol. The number of sulfonamides is 1. The van der Waals surface area contributed by atoms with E-state index in [0.717, 1.165) is 25.8 Å². The van der Waals surface area contributed by atoms with Gasteiger partial charge in [0.1, 0.15) is 5.82 Å². The third kappa shape index (κ3) is 5.37. The molecule has 0 saturated heterocycles. The molecule has 0 aliphatic heterocycles. The molecule has 0 atom stereocenters. The summed E-state index contributed by atoms with van der Waals surface area (Å²) in [7, 11) is -3.70. The maximum absolute atomic E-state index is 12.2. The Bertz CT molecular complexity index is 718. The highest BCUT2D eigenvalue weighted by atomic mass is 35.5. The molecule has 0 fully saturated rings. The molecule has 0 saturated carbocycles. The van der Waals surface area contributed by atoms with Crippen molar-refractivity contribution in [1.29, 1.82) is 0 Å². The van der Waals surface area contributed by atoms with Crippen molar-refractivity contribution in [2.75, 3.05) is 16.6 Å². The van der Waals surface area contributed by atoms with Crippen LogP contribution in [0.3, 0.4) is 0 Å². The van der Waals surface area contributed by atoms with Gasteiger partial charge < -0.3 is 5.32 Å². The summed E-state index contributed by atoms with van der Waals surface area (Å²) in [6.07, 6.45) is 3.36. The zero-order valence-corrected chi connectivity index (χ0v) is 14.4. The second-order valence-electron chi connectivity index (χ2n) is 5.00. The summed E-state index contributed by atoms with van der Waals surface area (Å²) >= 11 is 5.76. The van der Waals surface area contributed by atoms with Crippen LogP contribution in [0.1, 0.15) is 26.2 Å². The van der Waals surface area contributed by atoms with E-state index in [1.54, 1.807) is 12.1 Å². The lowest BCUT2D eigenvalue weighted by Crippen LogP contribution is -2.14. The fraction of sp³-hybridized carbons (Fsp3) is 0.333. The van der Waals surface area contributed by atoms with E-state index >= 15 is 0 Å². The van der Waals surface area contributed by atoms with Crippen molar-refractivity contribution in [2.45, 2.75) is 31.1 Å². The first-order chi connectivity index (χ1) is 11.0. The van der Waals surface area contributed by atoms with Crippen LogP contribution in [-0.2, 0) is 10.0 Å². The van der Waals surface area contributed by atoms with Crippen molar-refractivity contribution < 1.29 is 8.42 Å². The molecule has 6 nitrogen and oxygen atoms in total. The van der Waals surface area contributed by atoms with E-state index < -0.39 is 10.0 Å². The number of anilines is 2. The zero-order chi connectivity index (χ0) is 16.7. The quantitative estimate of drug-likeness (QED) is 0.708. The average Bonchev–Trinajstić information content (AvgIpc) is 2.53. The topological polar surface area (TPSA) is 84.0 Å². The van der Waals surface area contributed by atoms with Gasteiger partial charge in [-0.3, -0.25) is 4.72 Å². The van der Waals surface area contributed by atoms with Crippen molar-refractivity contribution in [3.05, 3.63) is 41.4 Å². The van der Waals surface area contributed by atoms with E-state index in [-0.39, 0.29) is 10.7 Å². The summed E-state index contributed by atoms with van der Waals surface area (Å²) < 4.78 is 26.8. The molecular formula is C15H19ClN4O2S. The van der Waals surface area contributed by atoms with Gasteiger partial charge in [0, 0.05) is 11.6 Å². The van der Waals surface area contributed by atoms with Crippen LogP contribution in [0.5, 0.6) is 0 Å². The van der Waals surface area contributed by atoms with Gasteiger partial charge in [0.05, 0.1) is 4.90 Å². The van der Waals surface area contributed by atoms with E-state index in [4.69, 9.17) is 11.6 Å². The van der Waals surface area contributed by atoms with Gasteiger partial charge in [-0.05, 0) is 42.8 Å². The zero-order valence-electron chi connectivity index (χ0n) is 12.8. The van der Waals surface area contributed by atoms with Gasteiger partial charge in [0.2, 0.25) is 0 Å². The Morgan fingerprint density at radius 2 is 1.65 bits per heavy atom. The molecule has 23 heavy (non-hydrogen) atoms. The highest BCUT2D eigenvalue weighted by Crippen LogP contribution is 2.17. The molecule has 0 radical (unpaired) electrons. The Hall–Kier alpha value is -1.86. The van der Waals surface area contributed by atoms with Crippen molar-refractivity contribution in [3.63, 3.8) is 0 Å².